The largest absolute Gasteiger partial charge is 0.454 e. The molecule has 2 rings (SSSR count). The summed E-state index contributed by atoms with van der Waals surface area (Å²) in [7, 11) is 0. The van der Waals surface area contributed by atoms with Gasteiger partial charge in [-0.1, -0.05) is 12.1 Å². The Bertz CT molecular complexity index is 514. The molecule has 0 aliphatic rings. The molecule has 0 atom stereocenters. The van der Waals surface area contributed by atoms with E-state index in [4.69, 9.17) is 10.5 Å². The summed E-state index contributed by atoms with van der Waals surface area (Å²) in [6, 6.07) is 8.44. The fourth-order valence-electron chi connectivity index (χ4n) is 1.30. The standard InChI is InChI=1S/C12H11N3O2/c13-10-5-2-1-4-9(10)12(16)17-8-11-14-6-3-7-15-11/h1-7H,8,13H2. The first-order chi connectivity index (χ1) is 8.27. The van der Waals surface area contributed by atoms with Gasteiger partial charge in [0.1, 0.15) is 0 Å². The van der Waals surface area contributed by atoms with Crippen LogP contribution in [0.25, 0.3) is 0 Å². The molecule has 0 fully saturated rings. The predicted molar refractivity (Wildman–Crippen MR) is 62.0 cm³/mol. The number of ether oxygens (including phenoxy) is 1. The molecule has 0 unspecified atom stereocenters. The molecule has 0 saturated carbocycles. The summed E-state index contributed by atoms with van der Waals surface area (Å²) in [4.78, 5) is 19.6. The van der Waals surface area contributed by atoms with Gasteiger partial charge in [0.25, 0.3) is 0 Å². The van der Waals surface area contributed by atoms with E-state index in [9.17, 15) is 4.79 Å². The summed E-state index contributed by atoms with van der Waals surface area (Å²) < 4.78 is 5.05. The minimum atomic E-state index is -0.476. The Labute approximate surface area is 98.3 Å². The second-order valence-electron chi connectivity index (χ2n) is 3.33. The fraction of sp³-hybridized carbons (Fsp3) is 0.0833. The van der Waals surface area contributed by atoms with Crippen LogP contribution in [0.15, 0.2) is 42.7 Å². The lowest BCUT2D eigenvalue weighted by molar-refractivity contribution is 0.0463. The molecule has 5 nitrogen and oxygen atoms in total. The van der Waals surface area contributed by atoms with Gasteiger partial charge < -0.3 is 10.5 Å². The van der Waals surface area contributed by atoms with Gasteiger partial charge in [-0.15, -0.1) is 0 Å². The van der Waals surface area contributed by atoms with E-state index in [2.05, 4.69) is 9.97 Å². The second kappa shape index (κ2) is 5.07. The number of para-hydroxylation sites is 1. The summed E-state index contributed by atoms with van der Waals surface area (Å²) in [6.45, 7) is 0.0357. The van der Waals surface area contributed by atoms with Crippen molar-refractivity contribution in [2.75, 3.05) is 5.73 Å². The normalized spacial score (nSPS) is 9.88. The zero-order valence-corrected chi connectivity index (χ0v) is 9.04. The number of nitrogens with zero attached hydrogens (tertiary/aromatic N) is 2. The molecule has 0 saturated heterocycles. The maximum Gasteiger partial charge on any atom is 0.340 e. The van der Waals surface area contributed by atoms with Gasteiger partial charge in [0.2, 0.25) is 0 Å². The minimum absolute atomic E-state index is 0.0357. The number of rotatable bonds is 3. The lowest BCUT2D eigenvalue weighted by atomic mass is 10.2. The van der Waals surface area contributed by atoms with E-state index in [0.29, 0.717) is 17.1 Å². The summed E-state index contributed by atoms with van der Waals surface area (Å²) in [5, 5.41) is 0. The molecular formula is C12H11N3O2. The molecule has 0 amide bonds. The lowest BCUT2D eigenvalue weighted by Crippen LogP contribution is -2.09. The lowest BCUT2D eigenvalue weighted by Gasteiger charge is -2.05. The first-order valence-corrected chi connectivity index (χ1v) is 5.05. The second-order valence-corrected chi connectivity index (χ2v) is 3.33. The summed E-state index contributed by atoms with van der Waals surface area (Å²) >= 11 is 0. The minimum Gasteiger partial charge on any atom is -0.454 e. The van der Waals surface area contributed by atoms with Crippen molar-refractivity contribution < 1.29 is 9.53 Å². The number of carbonyl (C=O) groups excluding carboxylic acids is 1. The van der Waals surface area contributed by atoms with Crippen molar-refractivity contribution in [1.82, 2.24) is 9.97 Å². The monoisotopic (exact) mass is 229 g/mol. The van der Waals surface area contributed by atoms with E-state index in [1.807, 2.05) is 0 Å². The van der Waals surface area contributed by atoms with Crippen molar-refractivity contribution in [3.8, 4) is 0 Å². The van der Waals surface area contributed by atoms with E-state index in [-0.39, 0.29) is 6.61 Å². The van der Waals surface area contributed by atoms with Crippen molar-refractivity contribution >= 4 is 11.7 Å². The van der Waals surface area contributed by atoms with E-state index in [0.717, 1.165) is 0 Å². The first kappa shape index (κ1) is 11.1. The smallest absolute Gasteiger partial charge is 0.340 e. The van der Waals surface area contributed by atoms with E-state index in [1.165, 1.54) is 0 Å². The summed E-state index contributed by atoms with van der Waals surface area (Å²) in [6.07, 6.45) is 3.18. The van der Waals surface area contributed by atoms with Crippen molar-refractivity contribution in [2.45, 2.75) is 6.61 Å². The highest BCUT2D eigenvalue weighted by Crippen LogP contribution is 2.12. The molecule has 1 aromatic heterocycles. The Morgan fingerprint density at radius 1 is 1.18 bits per heavy atom. The van der Waals surface area contributed by atoms with Crippen LogP contribution in [0.3, 0.4) is 0 Å². The number of nitrogen functional groups attached to an aromatic ring is 1. The van der Waals surface area contributed by atoms with Crippen LogP contribution in [-0.2, 0) is 11.3 Å². The Morgan fingerprint density at radius 3 is 2.59 bits per heavy atom. The molecule has 0 aliphatic heterocycles. The Balaban J connectivity index is 2.01. The van der Waals surface area contributed by atoms with E-state index < -0.39 is 5.97 Å². The number of hydrogen-bond acceptors (Lipinski definition) is 5. The third-order valence-electron chi connectivity index (χ3n) is 2.13. The van der Waals surface area contributed by atoms with Gasteiger partial charge in [-0.25, -0.2) is 14.8 Å². The number of benzene rings is 1. The molecule has 0 spiro atoms. The topological polar surface area (TPSA) is 78.1 Å². The van der Waals surface area contributed by atoms with Crippen LogP contribution in [0.1, 0.15) is 16.2 Å². The van der Waals surface area contributed by atoms with E-state index >= 15 is 0 Å². The van der Waals surface area contributed by atoms with Crippen LogP contribution in [0, 0.1) is 0 Å². The number of nitrogens with two attached hydrogens (primary N) is 1. The Kier molecular flexibility index (Phi) is 3.30. The van der Waals surface area contributed by atoms with Crippen LogP contribution >= 0.6 is 0 Å². The van der Waals surface area contributed by atoms with Gasteiger partial charge in [-0.05, 0) is 18.2 Å². The maximum atomic E-state index is 11.7. The molecule has 17 heavy (non-hydrogen) atoms. The molecule has 0 aliphatic carbocycles. The Hall–Kier alpha value is -2.43. The van der Waals surface area contributed by atoms with E-state index in [1.54, 1.807) is 42.7 Å². The van der Waals surface area contributed by atoms with Crippen LogP contribution in [0.5, 0.6) is 0 Å². The van der Waals surface area contributed by atoms with Gasteiger partial charge in [0.05, 0.1) is 5.56 Å². The number of anilines is 1. The van der Waals surface area contributed by atoms with Crippen molar-refractivity contribution in [1.29, 1.82) is 0 Å². The average Bonchev–Trinajstić information content (AvgIpc) is 2.38. The third kappa shape index (κ3) is 2.78. The van der Waals surface area contributed by atoms with Gasteiger partial charge in [0, 0.05) is 18.1 Å². The molecule has 2 aromatic rings. The number of aromatic nitrogens is 2. The zero-order valence-electron chi connectivity index (χ0n) is 9.04. The number of esters is 1. The van der Waals surface area contributed by atoms with Crippen molar-refractivity contribution in [2.24, 2.45) is 0 Å². The number of hydrogen-bond donors (Lipinski definition) is 1. The van der Waals surface area contributed by atoms with Gasteiger partial charge in [-0.2, -0.15) is 0 Å². The number of carbonyl (C=O) groups is 1. The molecular weight excluding hydrogens is 218 g/mol. The average molecular weight is 229 g/mol. The molecule has 1 heterocycles. The molecule has 0 bridgehead atoms. The SMILES string of the molecule is Nc1ccccc1C(=O)OCc1ncccn1. The van der Waals surface area contributed by atoms with Gasteiger partial charge in [-0.3, -0.25) is 0 Å². The highest BCUT2D eigenvalue weighted by atomic mass is 16.5. The predicted octanol–water partition coefficient (Wildman–Crippen LogP) is 1.42. The first-order valence-electron chi connectivity index (χ1n) is 5.05. The quantitative estimate of drug-likeness (QED) is 0.636. The summed E-state index contributed by atoms with van der Waals surface area (Å²) in [5.41, 5.74) is 6.40. The fourth-order valence-corrected chi connectivity index (χ4v) is 1.30. The van der Waals surface area contributed by atoms with Gasteiger partial charge >= 0.3 is 5.97 Å². The zero-order chi connectivity index (χ0) is 12.1. The molecule has 5 heteroatoms. The van der Waals surface area contributed by atoms with Crippen molar-refractivity contribution in [3.63, 3.8) is 0 Å². The Morgan fingerprint density at radius 2 is 1.88 bits per heavy atom. The van der Waals surface area contributed by atoms with Crippen molar-refractivity contribution in [3.05, 3.63) is 54.1 Å². The van der Waals surface area contributed by atoms with Crippen LogP contribution in [-0.4, -0.2) is 15.9 Å². The molecule has 2 N–H and O–H groups in total. The maximum absolute atomic E-state index is 11.7. The molecule has 86 valence electrons. The molecule has 1 aromatic carbocycles. The highest BCUT2D eigenvalue weighted by molar-refractivity contribution is 5.94. The van der Waals surface area contributed by atoms with Gasteiger partial charge in [0.15, 0.2) is 12.4 Å². The van der Waals surface area contributed by atoms with Crippen LogP contribution in [0.2, 0.25) is 0 Å². The third-order valence-corrected chi connectivity index (χ3v) is 2.13. The van der Waals surface area contributed by atoms with Crippen LogP contribution < -0.4 is 5.73 Å². The van der Waals surface area contributed by atoms with Crippen LogP contribution in [0.4, 0.5) is 5.69 Å². The summed E-state index contributed by atoms with van der Waals surface area (Å²) in [5.74, 6) is -0.0223. The highest BCUT2D eigenvalue weighted by Gasteiger charge is 2.10. The molecule has 0 radical (unpaired) electrons.